The van der Waals surface area contributed by atoms with Gasteiger partial charge < -0.3 is 10.2 Å². The summed E-state index contributed by atoms with van der Waals surface area (Å²) < 4.78 is 14.2. The summed E-state index contributed by atoms with van der Waals surface area (Å²) in [5.41, 5.74) is 1.56. The summed E-state index contributed by atoms with van der Waals surface area (Å²) in [6.45, 7) is 9.49. The third-order valence-corrected chi connectivity index (χ3v) is 3.37. The average molecular weight is 277 g/mol. The van der Waals surface area contributed by atoms with Crippen LogP contribution in [-0.2, 0) is 0 Å². The molecule has 0 bridgehead atoms. The van der Waals surface area contributed by atoms with E-state index in [2.05, 4.69) is 30.1 Å². The van der Waals surface area contributed by atoms with Crippen LogP contribution < -0.4 is 10.2 Å². The second-order valence-corrected chi connectivity index (χ2v) is 5.15. The molecule has 4 heteroatoms. The predicted octanol–water partition coefficient (Wildman–Crippen LogP) is 3.62. The van der Waals surface area contributed by atoms with Gasteiger partial charge in [0.1, 0.15) is 5.82 Å². The lowest BCUT2D eigenvalue weighted by atomic mass is 10.0. The van der Waals surface area contributed by atoms with Gasteiger partial charge in [-0.15, -0.1) is 0 Å². The Bertz CT molecular complexity index is 465. The van der Waals surface area contributed by atoms with E-state index in [0.717, 1.165) is 12.2 Å². The highest BCUT2D eigenvalue weighted by molar-refractivity contribution is 5.56. The smallest absolute Gasteiger partial charge is 0.130 e. The Morgan fingerprint density at radius 1 is 1.35 bits per heavy atom. The van der Waals surface area contributed by atoms with Gasteiger partial charge >= 0.3 is 0 Å². The van der Waals surface area contributed by atoms with Crippen LogP contribution in [0.4, 0.5) is 10.1 Å². The predicted molar refractivity (Wildman–Crippen MR) is 81.2 cm³/mol. The fraction of sp³-hybridized carbons (Fsp3) is 0.562. The Hall–Kier alpha value is -1.60. The highest BCUT2D eigenvalue weighted by atomic mass is 19.1. The second-order valence-electron chi connectivity index (χ2n) is 5.15. The Morgan fingerprint density at radius 3 is 2.60 bits per heavy atom. The summed E-state index contributed by atoms with van der Waals surface area (Å²) in [6.07, 6.45) is 0.434. The van der Waals surface area contributed by atoms with Crippen molar-refractivity contribution in [2.45, 2.75) is 46.2 Å². The number of rotatable bonds is 7. The summed E-state index contributed by atoms with van der Waals surface area (Å²) in [6, 6.07) is 7.48. The van der Waals surface area contributed by atoms with Crippen LogP contribution in [0.25, 0.3) is 0 Å². The van der Waals surface area contributed by atoms with Crippen molar-refractivity contribution in [3.63, 3.8) is 0 Å². The maximum atomic E-state index is 14.2. The van der Waals surface area contributed by atoms with Crippen molar-refractivity contribution >= 4 is 5.69 Å². The average Bonchev–Trinajstić information content (AvgIpc) is 2.39. The summed E-state index contributed by atoms with van der Waals surface area (Å²) >= 11 is 0. The third-order valence-electron chi connectivity index (χ3n) is 3.37. The van der Waals surface area contributed by atoms with Gasteiger partial charge in [-0.25, -0.2) is 4.39 Å². The molecular formula is C16H24FN3. The lowest BCUT2D eigenvalue weighted by Crippen LogP contribution is -2.34. The molecule has 0 aliphatic heterocycles. The van der Waals surface area contributed by atoms with Crippen LogP contribution in [0.2, 0.25) is 0 Å². The largest absolute Gasteiger partial charge is 0.368 e. The summed E-state index contributed by atoms with van der Waals surface area (Å²) in [5.74, 6) is -0.196. The van der Waals surface area contributed by atoms with Gasteiger partial charge in [0.2, 0.25) is 0 Å². The van der Waals surface area contributed by atoms with Gasteiger partial charge in [0.15, 0.2) is 0 Å². The van der Waals surface area contributed by atoms with Gasteiger partial charge in [-0.05, 0) is 39.4 Å². The normalized spacial score (nSPS) is 12.2. The number of nitrogens with zero attached hydrogens (tertiary/aromatic N) is 2. The lowest BCUT2D eigenvalue weighted by Gasteiger charge is -2.32. The molecule has 0 amide bonds. The molecule has 0 aliphatic carbocycles. The monoisotopic (exact) mass is 277 g/mol. The van der Waals surface area contributed by atoms with Crippen LogP contribution in [0.1, 0.15) is 45.7 Å². The molecule has 0 aromatic heterocycles. The van der Waals surface area contributed by atoms with Gasteiger partial charge in [0.05, 0.1) is 12.5 Å². The number of benzene rings is 1. The number of hydrogen-bond acceptors (Lipinski definition) is 3. The van der Waals surface area contributed by atoms with E-state index in [0.29, 0.717) is 18.5 Å². The molecule has 3 nitrogen and oxygen atoms in total. The highest BCUT2D eigenvalue weighted by Gasteiger charge is 2.20. The van der Waals surface area contributed by atoms with E-state index in [1.807, 2.05) is 19.9 Å². The van der Waals surface area contributed by atoms with Gasteiger partial charge in [-0.2, -0.15) is 5.26 Å². The summed E-state index contributed by atoms with van der Waals surface area (Å²) in [5, 5.41) is 12.1. The Balaban J connectivity index is 3.20. The molecule has 20 heavy (non-hydrogen) atoms. The molecule has 1 N–H and O–H groups in total. The number of anilines is 1. The van der Waals surface area contributed by atoms with Gasteiger partial charge in [-0.1, -0.05) is 13.0 Å². The fourth-order valence-electron chi connectivity index (χ4n) is 2.44. The van der Waals surface area contributed by atoms with E-state index in [1.54, 1.807) is 6.07 Å². The van der Waals surface area contributed by atoms with E-state index in [4.69, 9.17) is 5.26 Å². The first-order chi connectivity index (χ1) is 9.52. The van der Waals surface area contributed by atoms with Crippen molar-refractivity contribution in [3.05, 3.63) is 29.6 Å². The number of nitriles is 1. The minimum absolute atomic E-state index is 0.0560. The van der Waals surface area contributed by atoms with Crippen molar-refractivity contribution in [3.8, 4) is 6.07 Å². The first-order valence-corrected chi connectivity index (χ1v) is 7.18. The first kappa shape index (κ1) is 16.5. The molecule has 1 aromatic carbocycles. The standard InChI is InChI=1S/C16H24FN3/c1-5-19-13(4)16-14(17)8-6-9-15(16)20(12(2)3)11-7-10-18/h6,8-9,12-13,19H,5,7,11H2,1-4H3. The third kappa shape index (κ3) is 3.94. The fourth-order valence-corrected chi connectivity index (χ4v) is 2.44. The van der Waals surface area contributed by atoms with Crippen LogP contribution in [0.5, 0.6) is 0 Å². The topological polar surface area (TPSA) is 39.1 Å². The van der Waals surface area contributed by atoms with Crippen molar-refractivity contribution in [1.82, 2.24) is 5.32 Å². The maximum absolute atomic E-state index is 14.2. The van der Waals surface area contributed by atoms with Crippen molar-refractivity contribution in [2.24, 2.45) is 0 Å². The zero-order valence-electron chi connectivity index (χ0n) is 12.8. The lowest BCUT2D eigenvalue weighted by molar-refractivity contribution is 0.536. The maximum Gasteiger partial charge on any atom is 0.130 e. The van der Waals surface area contributed by atoms with E-state index in [-0.39, 0.29) is 17.9 Å². The zero-order chi connectivity index (χ0) is 15.1. The molecule has 1 unspecified atom stereocenters. The molecule has 0 saturated carbocycles. The molecule has 1 atom stereocenters. The van der Waals surface area contributed by atoms with Crippen LogP contribution in [0, 0.1) is 17.1 Å². The van der Waals surface area contributed by atoms with Crippen LogP contribution in [-0.4, -0.2) is 19.1 Å². The molecule has 1 rings (SSSR count). The zero-order valence-corrected chi connectivity index (χ0v) is 12.8. The van der Waals surface area contributed by atoms with Crippen LogP contribution in [0.3, 0.4) is 0 Å². The number of halogens is 1. The second kappa shape index (κ2) is 7.86. The first-order valence-electron chi connectivity index (χ1n) is 7.18. The van der Waals surface area contributed by atoms with Crippen LogP contribution in [0.15, 0.2) is 18.2 Å². The SMILES string of the molecule is CCNC(C)c1c(F)cccc1N(CCC#N)C(C)C. The minimum Gasteiger partial charge on any atom is -0.368 e. The highest BCUT2D eigenvalue weighted by Crippen LogP contribution is 2.30. The molecule has 0 saturated heterocycles. The van der Waals surface area contributed by atoms with Crippen molar-refractivity contribution in [2.75, 3.05) is 18.0 Å². The molecular weight excluding hydrogens is 253 g/mol. The van der Waals surface area contributed by atoms with Gasteiger partial charge in [-0.3, -0.25) is 0 Å². The Kier molecular flexibility index (Phi) is 6.47. The quantitative estimate of drug-likeness (QED) is 0.827. The van der Waals surface area contributed by atoms with Crippen molar-refractivity contribution in [1.29, 1.82) is 5.26 Å². The Morgan fingerprint density at radius 2 is 2.05 bits per heavy atom. The molecule has 0 radical (unpaired) electrons. The van der Waals surface area contributed by atoms with Crippen LogP contribution >= 0.6 is 0 Å². The van der Waals surface area contributed by atoms with E-state index < -0.39 is 0 Å². The summed E-state index contributed by atoms with van der Waals surface area (Å²) in [7, 11) is 0. The van der Waals surface area contributed by atoms with Gasteiger partial charge in [0.25, 0.3) is 0 Å². The molecule has 0 spiro atoms. The Labute approximate surface area is 121 Å². The minimum atomic E-state index is -0.196. The molecule has 1 aromatic rings. The number of nitrogens with one attached hydrogen (secondary N) is 1. The van der Waals surface area contributed by atoms with E-state index in [1.165, 1.54) is 6.07 Å². The molecule has 0 heterocycles. The van der Waals surface area contributed by atoms with E-state index in [9.17, 15) is 4.39 Å². The molecule has 0 aliphatic rings. The summed E-state index contributed by atoms with van der Waals surface area (Å²) in [4.78, 5) is 2.09. The molecule has 110 valence electrons. The van der Waals surface area contributed by atoms with E-state index >= 15 is 0 Å². The van der Waals surface area contributed by atoms with Crippen molar-refractivity contribution < 1.29 is 4.39 Å². The number of hydrogen-bond donors (Lipinski definition) is 1. The van der Waals surface area contributed by atoms with Gasteiger partial charge in [0, 0.05) is 29.9 Å². The molecule has 0 fully saturated rings.